The van der Waals surface area contributed by atoms with E-state index in [2.05, 4.69) is 0 Å². The van der Waals surface area contributed by atoms with E-state index in [1.807, 2.05) is 20.8 Å². The highest BCUT2D eigenvalue weighted by atomic mass is 19.1. The molecule has 94 valence electrons. The number of benzene rings is 1. The normalized spacial score (nSPS) is 12.8. The molecule has 1 aromatic rings. The molecular weight excluding hydrogens is 219 g/mol. The van der Waals surface area contributed by atoms with Crippen LogP contribution < -0.4 is 0 Å². The molecule has 0 aliphatic carbocycles. The van der Waals surface area contributed by atoms with Crippen molar-refractivity contribution >= 4 is 5.97 Å². The summed E-state index contributed by atoms with van der Waals surface area (Å²) in [6.07, 6.45) is 0.446. The Bertz CT molecular complexity index is 424. The molecule has 0 saturated heterocycles. The lowest BCUT2D eigenvalue weighted by Crippen LogP contribution is -2.13. The smallest absolute Gasteiger partial charge is 0.306 e. The number of aryl methyl sites for hydroxylation is 1. The summed E-state index contributed by atoms with van der Waals surface area (Å²) < 4.78 is 13.7. The topological polar surface area (TPSA) is 37.3 Å². The SMILES string of the molecule is Cc1cc(F)c(C(C)C)cc1CC(C)C(=O)O. The second-order valence-electron chi connectivity index (χ2n) is 4.90. The highest BCUT2D eigenvalue weighted by Crippen LogP contribution is 2.24. The maximum atomic E-state index is 13.7. The Hall–Kier alpha value is -1.38. The lowest BCUT2D eigenvalue weighted by atomic mass is 9.92. The first-order valence-electron chi connectivity index (χ1n) is 5.84. The molecule has 0 bridgehead atoms. The fourth-order valence-corrected chi connectivity index (χ4v) is 1.82. The number of hydrogen-bond donors (Lipinski definition) is 1. The van der Waals surface area contributed by atoms with Crippen LogP contribution in [0.4, 0.5) is 4.39 Å². The molecule has 17 heavy (non-hydrogen) atoms. The third kappa shape index (κ3) is 3.29. The fraction of sp³-hybridized carbons (Fsp3) is 0.500. The summed E-state index contributed by atoms with van der Waals surface area (Å²) in [6, 6.07) is 3.30. The van der Waals surface area contributed by atoms with Gasteiger partial charge in [0.05, 0.1) is 5.92 Å². The number of halogens is 1. The van der Waals surface area contributed by atoms with E-state index in [1.165, 1.54) is 6.07 Å². The van der Waals surface area contributed by atoms with Crippen LogP contribution in [-0.4, -0.2) is 11.1 Å². The van der Waals surface area contributed by atoms with Gasteiger partial charge in [-0.15, -0.1) is 0 Å². The second-order valence-corrected chi connectivity index (χ2v) is 4.90. The maximum Gasteiger partial charge on any atom is 0.306 e. The minimum Gasteiger partial charge on any atom is -0.481 e. The van der Waals surface area contributed by atoms with E-state index in [9.17, 15) is 9.18 Å². The zero-order valence-electron chi connectivity index (χ0n) is 10.7. The minimum atomic E-state index is -0.820. The van der Waals surface area contributed by atoms with E-state index in [4.69, 9.17) is 5.11 Å². The first-order valence-corrected chi connectivity index (χ1v) is 5.84. The van der Waals surface area contributed by atoms with E-state index < -0.39 is 11.9 Å². The van der Waals surface area contributed by atoms with E-state index >= 15 is 0 Å². The molecule has 0 radical (unpaired) electrons. The number of carboxylic acids is 1. The van der Waals surface area contributed by atoms with Gasteiger partial charge in [-0.3, -0.25) is 4.79 Å². The Morgan fingerprint density at radius 2 is 1.94 bits per heavy atom. The summed E-state index contributed by atoms with van der Waals surface area (Å²) in [7, 11) is 0. The van der Waals surface area contributed by atoms with Gasteiger partial charge in [0.2, 0.25) is 0 Å². The molecule has 1 atom stereocenters. The summed E-state index contributed by atoms with van der Waals surface area (Å²) in [4.78, 5) is 10.8. The van der Waals surface area contributed by atoms with Crippen LogP contribution in [0.3, 0.4) is 0 Å². The van der Waals surface area contributed by atoms with Gasteiger partial charge in [0.15, 0.2) is 0 Å². The second kappa shape index (κ2) is 5.30. The van der Waals surface area contributed by atoms with Gasteiger partial charge in [-0.1, -0.05) is 26.8 Å². The summed E-state index contributed by atoms with van der Waals surface area (Å²) in [6.45, 7) is 7.34. The van der Waals surface area contributed by atoms with Gasteiger partial charge in [0, 0.05) is 0 Å². The predicted octanol–water partition coefficient (Wildman–Crippen LogP) is 3.52. The molecule has 0 fully saturated rings. The summed E-state index contributed by atoms with van der Waals surface area (Å²) in [5, 5.41) is 8.89. The molecule has 0 aromatic heterocycles. The van der Waals surface area contributed by atoms with Crippen molar-refractivity contribution in [2.45, 2.75) is 40.0 Å². The number of carboxylic acid groups (broad SMARTS) is 1. The van der Waals surface area contributed by atoms with Crippen LogP contribution in [0.25, 0.3) is 0 Å². The highest BCUT2D eigenvalue weighted by molar-refractivity contribution is 5.70. The average molecular weight is 238 g/mol. The average Bonchev–Trinajstić information content (AvgIpc) is 2.21. The van der Waals surface area contributed by atoms with Crippen LogP contribution >= 0.6 is 0 Å². The summed E-state index contributed by atoms with van der Waals surface area (Å²) in [5.74, 6) is -1.36. The zero-order valence-corrected chi connectivity index (χ0v) is 10.7. The van der Waals surface area contributed by atoms with Crippen LogP contribution in [0, 0.1) is 18.7 Å². The van der Waals surface area contributed by atoms with Crippen molar-refractivity contribution in [3.8, 4) is 0 Å². The zero-order chi connectivity index (χ0) is 13.2. The van der Waals surface area contributed by atoms with Crippen molar-refractivity contribution < 1.29 is 14.3 Å². The third-order valence-electron chi connectivity index (χ3n) is 3.02. The molecule has 1 aromatic carbocycles. The van der Waals surface area contributed by atoms with Crippen molar-refractivity contribution in [1.29, 1.82) is 0 Å². The molecule has 0 saturated carbocycles. The maximum absolute atomic E-state index is 13.7. The molecule has 0 aliphatic rings. The Labute approximate surface area is 101 Å². The summed E-state index contributed by atoms with van der Waals surface area (Å²) in [5.41, 5.74) is 2.40. The highest BCUT2D eigenvalue weighted by Gasteiger charge is 2.16. The van der Waals surface area contributed by atoms with E-state index in [0.29, 0.717) is 12.0 Å². The van der Waals surface area contributed by atoms with Gasteiger partial charge >= 0.3 is 5.97 Å². The number of aliphatic carboxylic acids is 1. The van der Waals surface area contributed by atoms with Crippen molar-refractivity contribution in [2.24, 2.45) is 5.92 Å². The van der Waals surface area contributed by atoms with E-state index in [1.54, 1.807) is 13.0 Å². The van der Waals surface area contributed by atoms with Crippen molar-refractivity contribution in [2.75, 3.05) is 0 Å². The first kappa shape index (κ1) is 13.7. The largest absolute Gasteiger partial charge is 0.481 e. The van der Waals surface area contributed by atoms with Crippen LogP contribution in [0.15, 0.2) is 12.1 Å². The van der Waals surface area contributed by atoms with Gasteiger partial charge < -0.3 is 5.11 Å². The third-order valence-corrected chi connectivity index (χ3v) is 3.02. The Morgan fingerprint density at radius 3 is 2.41 bits per heavy atom. The van der Waals surface area contributed by atoms with Crippen molar-refractivity contribution in [1.82, 2.24) is 0 Å². The standard InChI is InChI=1S/C14H19FO2/c1-8(2)12-7-11(5-10(4)14(16)17)9(3)6-13(12)15/h6-8,10H,5H2,1-4H3,(H,16,17). The Morgan fingerprint density at radius 1 is 1.35 bits per heavy atom. The molecule has 0 amide bonds. The molecule has 1 unspecified atom stereocenters. The number of hydrogen-bond acceptors (Lipinski definition) is 1. The fourth-order valence-electron chi connectivity index (χ4n) is 1.82. The molecule has 0 spiro atoms. The Balaban J connectivity index is 3.07. The first-order chi connectivity index (χ1) is 7.82. The van der Waals surface area contributed by atoms with Crippen LogP contribution in [0.5, 0.6) is 0 Å². The summed E-state index contributed by atoms with van der Waals surface area (Å²) >= 11 is 0. The molecule has 0 heterocycles. The molecule has 3 heteroatoms. The molecule has 1 rings (SSSR count). The minimum absolute atomic E-state index is 0.106. The van der Waals surface area contributed by atoms with E-state index in [0.717, 1.165) is 11.1 Å². The quantitative estimate of drug-likeness (QED) is 0.871. The molecular formula is C14H19FO2. The van der Waals surface area contributed by atoms with Crippen LogP contribution in [0.1, 0.15) is 43.4 Å². The van der Waals surface area contributed by atoms with Gasteiger partial charge in [0.25, 0.3) is 0 Å². The predicted molar refractivity (Wildman–Crippen MR) is 65.7 cm³/mol. The van der Waals surface area contributed by atoms with Gasteiger partial charge in [-0.2, -0.15) is 0 Å². The molecule has 2 nitrogen and oxygen atoms in total. The number of carbonyl (C=O) groups is 1. The van der Waals surface area contributed by atoms with Gasteiger partial charge in [-0.25, -0.2) is 4.39 Å². The van der Waals surface area contributed by atoms with Crippen LogP contribution in [-0.2, 0) is 11.2 Å². The molecule has 1 N–H and O–H groups in total. The lowest BCUT2D eigenvalue weighted by Gasteiger charge is -2.14. The van der Waals surface area contributed by atoms with Crippen LogP contribution in [0.2, 0.25) is 0 Å². The van der Waals surface area contributed by atoms with Crippen molar-refractivity contribution in [3.63, 3.8) is 0 Å². The number of rotatable bonds is 4. The van der Waals surface area contributed by atoms with Crippen molar-refractivity contribution in [3.05, 3.63) is 34.6 Å². The van der Waals surface area contributed by atoms with Gasteiger partial charge in [-0.05, 0) is 42.0 Å². The lowest BCUT2D eigenvalue weighted by molar-refractivity contribution is -0.141. The van der Waals surface area contributed by atoms with E-state index in [-0.39, 0.29) is 11.7 Å². The Kier molecular flexibility index (Phi) is 4.27. The monoisotopic (exact) mass is 238 g/mol. The van der Waals surface area contributed by atoms with Gasteiger partial charge in [0.1, 0.15) is 5.82 Å². The molecule has 0 aliphatic heterocycles.